The Morgan fingerprint density at radius 3 is 2.57 bits per heavy atom. The van der Waals surface area contributed by atoms with E-state index in [4.69, 9.17) is 31.4 Å². The Labute approximate surface area is 258 Å². The Balaban J connectivity index is 1.32. The number of amides is 1. The highest BCUT2D eigenvalue weighted by atomic mass is 16.7. The van der Waals surface area contributed by atoms with Gasteiger partial charge < -0.3 is 73.1 Å². The summed E-state index contributed by atoms with van der Waals surface area (Å²) in [7, 11) is 1.61. The Bertz CT molecular complexity index is 1030. The molecule has 4 fully saturated rings. The summed E-state index contributed by atoms with van der Waals surface area (Å²) in [5, 5.41) is 56.5. The summed E-state index contributed by atoms with van der Waals surface area (Å²) < 4.78 is 18.4. The molecule has 5 aliphatic rings. The lowest BCUT2D eigenvalue weighted by Crippen LogP contribution is -2.70. The number of carbonyl (C=O) groups is 1. The number of nitrogens with one attached hydrogen (secondary N) is 4. The first-order valence-electron chi connectivity index (χ1n) is 15.9. The maximum atomic E-state index is 13.1. The van der Waals surface area contributed by atoms with Gasteiger partial charge in [0.25, 0.3) is 0 Å². The van der Waals surface area contributed by atoms with E-state index >= 15 is 0 Å². The molecule has 0 aromatic rings. The van der Waals surface area contributed by atoms with Crippen molar-refractivity contribution in [1.29, 1.82) is 0 Å². The van der Waals surface area contributed by atoms with E-state index in [2.05, 4.69) is 21.3 Å². The summed E-state index contributed by atoms with van der Waals surface area (Å²) in [6.07, 6.45) is -1.95. The first-order valence-corrected chi connectivity index (χ1v) is 15.9. The van der Waals surface area contributed by atoms with Crippen LogP contribution in [0.4, 0.5) is 0 Å². The molecule has 1 amide bonds. The number of likely N-dealkylation sites (N-methyl/N-ethyl adjacent to an activating group) is 1. The fourth-order valence-electron chi connectivity index (χ4n) is 7.06. The number of rotatable bonds is 12. The third kappa shape index (κ3) is 7.09. The third-order valence-electron chi connectivity index (χ3n) is 10.3. The monoisotopic (exact) mass is 627 g/mol. The molecular formula is C29H53N7O8. The average Bonchev–Trinajstić information content (AvgIpc) is 3.72. The van der Waals surface area contributed by atoms with Crippen molar-refractivity contribution < 1.29 is 39.4 Å². The molecule has 0 spiro atoms. The van der Waals surface area contributed by atoms with Gasteiger partial charge in [-0.25, -0.2) is 0 Å². The van der Waals surface area contributed by atoms with E-state index in [1.165, 1.54) is 0 Å². The number of aliphatic hydroxyl groups is 4. The van der Waals surface area contributed by atoms with Crippen molar-refractivity contribution in [1.82, 2.24) is 21.3 Å². The summed E-state index contributed by atoms with van der Waals surface area (Å²) in [5.41, 5.74) is 17.9. The Morgan fingerprint density at radius 2 is 1.95 bits per heavy atom. The maximum Gasteiger partial charge on any atom is 0.249 e. The molecule has 5 rings (SSSR count). The summed E-state index contributed by atoms with van der Waals surface area (Å²) in [6, 6.07) is -2.70. The van der Waals surface area contributed by atoms with Crippen LogP contribution in [0.2, 0.25) is 0 Å². The van der Waals surface area contributed by atoms with Crippen LogP contribution in [0.15, 0.2) is 11.8 Å². The molecule has 12 atom stereocenters. The summed E-state index contributed by atoms with van der Waals surface area (Å²) >= 11 is 0. The van der Waals surface area contributed by atoms with E-state index in [9.17, 15) is 25.2 Å². The van der Waals surface area contributed by atoms with E-state index in [0.717, 1.165) is 19.4 Å². The largest absolute Gasteiger partial charge is 0.492 e. The number of carbonyl (C=O) groups excluding carboxylic acids is 1. The number of hydrogen-bond donors (Lipinski definition) is 11. The van der Waals surface area contributed by atoms with E-state index in [-0.39, 0.29) is 24.4 Å². The molecule has 44 heavy (non-hydrogen) atoms. The Kier molecular flexibility index (Phi) is 10.6. The Hall–Kier alpha value is -1.47. The van der Waals surface area contributed by atoms with Gasteiger partial charge in [-0.1, -0.05) is 0 Å². The molecule has 3 aliphatic heterocycles. The van der Waals surface area contributed by atoms with Gasteiger partial charge in [0.15, 0.2) is 6.29 Å². The van der Waals surface area contributed by atoms with E-state index in [1.807, 2.05) is 6.08 Å². The van der Waals surface area contributed by atoms with Crippen molar-refractivity contribution in [3.05, 3.63) is 11.8 Å². The van der Waals surface area contributed by atoms with Crippen molar-refractivity contribution >= 4 is 5.91 Å². The molecule has 3 heterocycles. The van der Waals surface area contributed by atoms with Gasteiger partial charge in [-0.05, 0) is 57.7 Å². The lowest BCUT2D eigenvalue weighted by molar-refractivity contribution is -0.297. The van der Waals surface area contributed by atoms with Gasteiger partial charge in [0.05, 0.1) is 31.3 Å². The van der Waals surface area contributed by atoms with Crippen LogP contribution >= 0.6 is 0 Å². The van der Waals surface area contributed by atoms with Crippen molar-refractivity contribution in [2.24, 2.45) is 34.5 Å². The van der Waals surface area contributed by atoms with Crippen molar-refractivity contribution in [2.45, 2.75) is 99.2 Å². The van der Waals surface area contributed by atoms with Crippen LogP contribution in [-0.2, 0) is 19.0 Å². The highest BCUT2D eigenvalue weighted by Crippen LogP contribution is 2.43. The molecule has 0 radical (unpaired) electrons. The minimum absolute atomic E-state index is 0.139. The van der Waals surface area contributed by atoms with Crippen LogP contribution in [0.5, 0.6) is 0 Å². The molecule has 2 aliphatic carbocycles. The maximum absolute atomic E-state index is 13.1. The van der Waals surface area contributed by atoms with Crippen molar-refractivity contribution in [2.75, 3.05) is 46.4 Å². The molecule has 15 nitrogen and oxygen atoms in total. The fraction of sp³-hybridized carbons (Fsp3) is 0.897. The molecule has 2 saturated carbocycles. The van der Waals surface area contributed by atoms with Crippen LogP contribution < -0.4 is 38.5 Å². The van der Waals surface area contributed by atoms with E-state index < -0.39 is 78.4 Å². The molecular weight excluding hydrogens is 574 g/mol. The summed E-state index contributed by atoms with van der Waals surface area (Å²) in [4.78, 5) is 13.1. The lowest BCUT2D eigenvalue weighted by atomic mass is 9.72. The molecule has 2 saturated heterocycles. The second-order valence-electron chi connectivity index (χ2n) is 13.8. The first-order chi connectivity index (χ1) is 20.9. The standard InChI is InChI=1S/C29H53N7O8/c1-28(41)13-42-27(22(39)25(28)33-2)44-24-18(36-26(40)20(37)14-8-34-9-14)7-17(32)19(21(24)38)23-16(31)4-3-15(43-23)10-35-12-29(11-30)5-6-29/h3,14,16-25,27,33-35,37-39,41H,4-13,30-32H2,1-2H3,(H,36,40)/t16-,17+,18-,19-,20?,21+,22-,23?,24+,25-,27-,28+/m1/s1. The quantitative estimate of drug-likeness (QED) is 0.0976. The fourth-order valence-corrected chi connectivity index (χ4v) is 7.06. The smallest absolute Gasteiger partial charge is 0.249 e. The van der Waals surface area contributed by atoms with E-state index in [1.54, 1.807) is 14.0 Å². The molecule has 14 N–H and O–H groups in total. The zero-order valence-electron chi connectivity index (χ0n) is 25.7. The van der Waals surface area contributed by atoms with Crippen LogP contribution in [0, 0.1) is 17.3 Å². The van der Waals surface area contributed by atoms with E-state index in [0.29, 0.717) is 38.4 Å². The normalized spacial score (nSPS) is 42.9. The van der Waals surface area contributed by atoms with Gasteiger partial charge >= 0.3 is 0 Å². The average molecular weight is 628 g/mol. The molecule has 0 aromatic heterocycles. The van der Waals surface area contributed by atoms with Gasteiger partial charge in [0.1, 0.15) is 35.8 Å². The molecule has 2 unspecified atom stereocenters. The van der Waals surface area contributed by atoms with Crippen molar-refractivity contribution in [3.8, 4) is 0 Å². The highest BCUT2D eigenvalue weighted by molar-refractivity contribution is 5.81. The molecule has 252 valence electrons. The minimum Gasteiger partial charge on any atom is -0.492 e. The number of nitrogens with two attached hydrogens (primary N) is 3. The predicted octanol–water partition coefficient (Wildman–Crippen LogP) is -4.47. The van der Waals surface area contributed by atoms with Gasteiger partial charge in [-0.15, -0.1) is 0 Å². The second kappa shape index (κ2) is 13.7. The first kappa shape index (κ1) is 33.9. The Morgan fingerprint density at radius 1 is 1.23 bits per heavy atom. The van der Waals surface area contributed by atoms with Gasteiger partial charge in [-0.2, -0.15) is 0 Å². The third-order valence-corrected chi connectivity index (χ3v) is 10.3. The second-order valence-corrected chi connectivity index (χ2v) is 13.8. The lowest BCUT2D eigenvalue weighted by Gasteiger charge is -2.50. The predicted molar refractivity (Wildman–Crippen MR) is 160 cm³/mol. The molecule has 0 aromatic carbocycles. The molecule has 0 bridgehead atoms. The van der Waals surface area contributed by atoms with Crippen LogP contribution in [0.1, 0.15) is 32.6 Å². The highest BCUT2D eigenvalue weighted by Gasteiger charge is 2.53. The summed E-state index contributed by atoms with van der Waals surface area (Å²) in [6.45, 7) is 4.35. The molecule has 15 heteroatoms. The minimum atomic E-state index is -1.37. The van der Waals surface area contributed by atoms with Crippen LogP contribution in [0.25, 0.3) is 0 Å². The van der Waals surface area contributed by atoms with Gasteiger partial charge in [-0.3, -0.25) is 4.79 Å². The van der Waals surface area contributed by atoms with Gasteiger partial charge in [0, 0.05) is 43.6 Å². The van der Waals surface area contributed by atoms with Crippen LogP contribution in [-0.4, -0.2) is 139 Å². The summed E-state index contributed by atoms with van der Waals surface area (Å²) in [5.74, 6) is -0.796. The number of hydrogen-bond acceptors (Lipinski definition) is 14. The topological polar surface area (TPSA) is 252 Å². The van der Waals surface area contributed by atoms with Crippen molar-refractivity contribution in [3.63, 3.8) is 0 Å². The number of aliphatic hydroxyl groups excluding tert-OH is 3. The number of ether oxygens (including phenoxy) is 3. The van der Waals surface area contributed by atoms with Gasteiger partial charge in [0.2, 0.25) is 5.91 Å². The zero-order chi connectivity index (χ0) is 31.8. The van der Waals surface area contributed by atoms with Crippen LogP contribution in [0.3, 0.4) is 0 Å². The SMILES string of the molecule is CN[C@@H]1[C@@H](O)[C@@H](O[C@@H]2[C@@H](O)[C@H](C3OC(CNCC4(CN)CC4)=CC[C@H]3N)[C@@H](N)C[C@H]2NC(=O)C(O)C2CNC2)OC[C@]1(C)O. The zero-order valence-corrected chi connectivity index (χ0v) is 25.7.